The summed E-state index contributed by atoms with van der Waals surface area (Å²) in [5.74, 6) is -0.614. The molecule has 1 amide bonds. The van der Waals surface area contributed by atoms with Crippen molar-refractivity contribution in [2.75, 3.05) is 16.8 Å². The summed E-state index contributed by atoms with van der Waals surface area (Å²) in [6, 6.07) is 10.0. The molecule has 1 unspecified atom stereocenters. The van der Waals surface area contributed by atoms with E-state index < -0.39 is 0 Å². The third-order valence-electron chi connectivity index (χ3n) is 4.51. The van der Waals surface area contributed by atoms with Crippen molar-refractivity contribution in [1.29, 1.82) is 0 Å². The molecule has 5 heteroatoms. The van der Waals surface area contributed by atoms with Crippen LogP contribution in [0.1, 0.15) is 43.1 Å². The van der Waals surface area contributed by atoms with E-state index in [2.05, 4.69) is 22.1 Å². The van der Waals surface area contributed by atoms with Crippen molar-refractivity contribution >= 4 is 17.3 Å². The Bertz CT molecular complexity index is 702. The molecule has 1 N–H and O–H groups in total. The number of nitrogens with zero attached hydrogens (tertiary/aromatic N) is 2. The van der Waals surface area contributed by atoms with E-state index in [0.29, 0.717) is 17.4 Å². The Morgan fingerprint density at radius 2 is 2.08 bits per heavy atom. The summed E-state index contributed by atoms with van der Waals surface area (Å²) in [7, 11) is 0. The summed E-state index contributed by atoms with van der Waals surface area (Å²) in [6.45, 7) is 3.22. The first kappa shape index (κ1) is 16.4. The standard InChI is InChI=1S/C19H22FN3O/c1-2-16-5-3-4-12-23(16)17-10-11-21-18(13-17)19(24)22-15-8-6-14(20)7-9-15/h6-11,13,16H,2-5,12H2,1H3,(H,22,24). The first-order valence-electron chi connectivity index (χ1n) is 8.47. The number of nitrogens with one attached hydrogen (secondary N) is 1. The molecular weight excluding hydrogens is 305 g/mol. The minimum absolute atomic E-state index is 0.284. The molecule has 0 bridgehead atoms. The monoisotopic (exact) mass is 327 g/mol. The second-order valence-electron chi connectivity index (χ2n) is 6.11. The molecule has 4 nitrogen and oxygen atoms in total. The Balaban J connectivity index is 1.76. The number of hydrogen-bond donors (Lipinski definition) is 1. The number of anilines is 2. The highest BCUT2D eigenvalue weighted by atomic mass is 19.1. The molecule has 0 spiro atoms. The van der Waals surface area contributed by atoms with Gasteiger partial charge in [0, 0.05) is 30.2 Å². The van der Waals surface area contributed by atoms with E-state index in [1.165, 1.54) is 43.5 Å². The SMILES string of the molecule is CCC1CCCCN1c1ccnc(C(=O)Nc2ccc(F)cc2)c1. The van der Waals surface area contributed by atoms with E-state index in [9.17, 15) is 9.18 Å². The predicted octanol–water partition coefficient (Wildman–Crippen LogP) is 4.24. The second-order valence-corrected chi connectivity index (χ2v) is 6.11. The lowest BCUT2D eigenvalue weighted by Crippen LogP contribution is -2.39. The van der Waals surface area contributed by atoms with E-state index >= 15 is 0 Å². The number of carbonyl (C=O) groups is 1. The lowest BCUT2D eigenvalue weighted by atomic mass is 9.99. The number of amides is 1. The Labute approximate surface area is 141 Å². The average molecular weight is 327 g/mol. The largest absolute Gasteiger partial charge is 0.368 e. The van der Waals surface area contributed by atoms with Gasteiger partial charge in [-0.3, -0.25) is 9.78 Å². The third-order valence-corrected chi connectivity index (χ3v) is 4.51. The summed E-state index contributed by atoms with van der Waals surface area (Å²) in [6.07, 6.45) is 6.40. The summed E-state index contributed by atoms with van der Waals surface area (Å²) in [5, 5.41) is 2.75. The lowest BCUT2D eigenvalue weighted by molar-refractivity contribution is 0.102. The van der Waals surface area contributed by atoms with Gasteiger partial charge in [-0.15, -0.1) is 0 Å². The Morgan fingerprint density at radius 3 is 2.83 bits per heavy atom. The number of hydrogen-bond acceptors (Lipinski definition) is 3. The molecule has 24 heavy (non-hydrogen) atoms. The van der Waals surface area contributed by atoms with Crippen LogP contribution in [-0.2, 0) is 0 Å². The second kappa shape index (κ2) is 7.43. The molecule has 1 fully saturated rings. The van der Waals surface area contributed by atoms with Crippen LogP contribution in [0.25, 0.3) is 0 Å². The van der Waals surface area contributed by atoms with Gasteiger partial charge < -0.3 is 10.2 Å². The van der Waals surface area contributed by atoms with E-state index in [-0.39, 0.29) is 11.7 Å². The zero-order chi connectivity index (χ0) is 16.9. The number of benzene rings is 1. The normalized spacial score (nSPS) is 17.6. The zero-order valence-electron chi connectivity index (χ0n) is 13.8. The van der Waals surface area contributed by atoms with E-state index in [0.717, 1.165) is 18.7 Å². The molecule has 1 aliphatic rings. The first-order valence-corrected chi connectivity index (χ1v) is 8.47. The van der Waals surface area contributed by atoms with Gasteiger partial charge in [0.2, 0.25) is 0 Å². The maximum atomic E-state index is 12.9. The van der Waals surface area contributed by atoms with Crippen LogP contribution >= 0.6 is 0 Å². The first-order chi connectivity index (χ1) is 11.7. The molecule has 2 heterocycles. The molecule has 2 aromatic rings. The third kappa shape index (κ3) is 3.72. The van der Waals surface area contributed by atoms with Gasteiger partial charge in [-0.25, -0.2) is 4.39 Å². The van der Waals surface area contributed by atoms with Crippen LogP contribution in [0.2, 0.25) is 0 Å². The highest BCUT2D eigenvalue weighted by Gasteiger charge is 2.22. The van der Waals surface area contributed by atoms with Gasteiger partial charge >= 0.3 is 0 Å². The maximum Gasteiger partial charge on any atom is 0.274 e. The average Bonchev–Trinajstić information content (AvgIpc) is 2.63. The highest BCUT2D eigenvalue weighted by Crippen LogP contribution is 2.26. The molecule has 1 aliphatic heterocycles. The topological polar surface area (TPSA) is 45.2 Å². The quantitative estimate of drug-likeness (QED) is 0.913. The molecule has 1 aromatic carbocycles. The Hall–Kier alpha value is -2.43. The van der Waals surface area contributed by atoms with Crippen LogP contribution in [0.3, 0.4) is 0 Å². The number of halogens is 1. The van der Waals surface area contributed by atoms with Crippen LogP contribution < -0.4 is 10.2 Å². The smallest absolute Gasteiger partial charge is 0.274 e. The van der Waals surface area contributed by atoms with Gasteiger partial charge in [-0.05, 0) is 62.1 Å². The molecule has 0 radical (unpaired) electrons. The van der Waals surface area contributed by atoms with Gasteiger partial charge in [-0.2, -0.15) is 0 Å². The number of rotatable bonds is 4. The van der Waals surface area contributed by atoms with E-state index in [1.807, 2.05) is 12.1 Å². The maximum absolute atomic E-state index is 12.9. The summed E-state index contributed by atoms with van der Waals surface area (Å²) in [5.41, 5.74) is 1.97. The van der Waals surface area contributed by atoms with Gasteiger partial charge in [0.15, 0.2) is 0 Å². The number of aromatic nitrogens is 1. The van der Waals surface area contributed by atoms with Crippen LogP contribution in [0.4, 0.5) is 15.8 Å². The predicted molar refractivity (Wildman–Crippen MR) is 93.9 cm³/mol. The van der Waals surface area contributed by atoms with E-state index in [1.54, 1.807) is 6.20 Å². The van der Waals surface area contributed by atoms with Crippen LogP contribution in [0.15, 0.2) is 42.6 Å². The molecule has 3 rings (SSSR count). The van der Waals surface area contributed by atoms with Crippen molar-refractivity contribution in [3.63, 3.8) is 0 Å². The van der Waals surface area contributed by atoms with Crippen LogP contribution in [0, 0.1) is 5.82 Å². The molecule has 0 aliphatic carbocycles. The van der Waals surface area contributed by atoms with Gasteiger partial charge in [-0.1, -0.05) is 6.92 Å². The molecule has 1 saturated heterocycles. The number of carbonyl (C=O) groups excluding carboxylic acids is 1. The van der Waals surface area contributed by atoms with Gasteiger partial charge in [0.05, 0.1) is 0 Å². The summed E-state index contributed by atoms with van der Waals surface area (Å²) in [4.78, 5) is 19.0. The van der Waals surface area contributed by atoms with Crippen molar-refractivity contribution in [3.8, 4) is 0 Å². The summed E-state index contributed by atoms with van der Waals surface area (Å²) < 4.78 is 12.9. The highest BCUT2D eigenvalue weighted by molar-refractivity contribution is 6.03. The van der Waals surface area contributed by atoms with Crippen molar-refractivity contribution in [2.24, 2.45) is 0 Å². The van der Waals surface area contributed by atoms with Crippen molar-refractivity contribution in [3.05, 3.63) is 54.1 Å². The molecule has 0 saturated carbocycles. The van der Waals surface area contributed by atoms with Gasteiger partial charge in [0.25, 0.3) is 5.91 Å². The zero-order valence-corrected chi connectivity index (χ0v) is 13.8. The molecule has 1 atom stereocenters. The fraction of sp³-hybridized carbons (Fsp3) is 0.368. The Morgan fingerprint density at radius 1 is 1.29 bits per heavy atom. The fourth-order valence-electron chi connectivity index (χ4n) is 3.22. The van der Waals surface area contributed by atoms with Crippen molar-refractivity contribution in [1.82, 2.24) is 4.98 Å². The summed E-state index contributed by atoms with van der Waals surface area (Å²) >= 11 is 0. The molecular formula is C19H22FN3O. The number of piperidine rings is 1. The molecule has 126 valence electrons. The van der Waals surface area contributed by atoms with Gasteiger partial charge in [0.1, 0.15) is 11.5 Å². The minimum Gasteiger partial charge on any atom is -0.368 e. The molecule has 1 aromatic heterocycles. The van der Waals surface area contributed by atoms with E-state index in [4.69, 9.17) is 0 Å². The fourth-order valence-corrected chi connectivity index (χ4v) is 3.22. The minimum atomic E-state index is -0.330. The Kier molecular flexibility index (Phi) is 5.08. The van der Waals surface area contributed by atoms with Crippen LogP contribution in [-0.4, -0.2) is 23.5 Å². The van der Waals surface area contributed by atoms with Crippen LogP contribution in [0.5, 0.6) is 0 Å². The van der Waals surface area contributed by atoms with Crippen molar-refractivity contribution < 1.29 is 9.18 Å². The lowest BCUT2D eigenvalue weighted by Gasteiger charge is -2.37. The van der Waals surface area contributed by atoms with Crippen molar-refractivity contribution in [2.45, 2.75) is 38.6 Å². The number of pyridine rings is 1.